The number of carbonyl (C=O) groups is 4. The summed E-state index contributed by atoms with van der Waals surface area (Å²) >= 11 is 3.33. The highest BCUT2D eigenvalue weighted by molar-refractivity contribution is 9.10. The molecule has 4 rings (SSSR count). The predicted octanol–water partition coefficient (Wildman–Crippen LogP) is 2.38. The summed E-state index contributed by atoms with van der Waals surface area (Å²) < 4.78 is 5.50. The molecule has 2 aliphatic heterocycles. The van der Waals surface area contributed by atoms with E-state index in [1.165, 1.54) is 12.0 Å². The number of rotatable bonds is 5. The van der Waals surface area contributed by atoms with E-state index in [-0.39, 0.29) is 18.2 Å². The van der Waals surface area contributed by atoms with Crippen LogP contribution in [0.5, 0.6) is 0 Å². The Balaban J connectivity index is 1.53. The number of ether oxygens (including phenoxy) is 1. The second-order valence-electron chi connectivity index (χ2n) is 7.73. The first-order chi connectivity index (χ1) is 15.4. The van der Waals surface area contributed by atoms with Crippen LogP contribution in [0.4, 0.5) is 10.5 Å². The highest BCUT2D eigenvalue weighted by Gasteiger charge is 2.44. The number of hydrogen-bond donors (Lipinski definition) is 2. The van der Waals surface area contributed by atoms with Crippen molar-refractivity contribution >= 4 is 45.3 Å². The number of hydrogen-bond acceptors (Lipinski definition) is 5. The second-order valence-corrected chi connectivity index (χ2v) is 8.64. The zero-order chi connectivity index (χ0) is 22.8. The zero-order valence-electron chi connectivity index (χ0n) is 17.4. The van der Waals surface area contributed by atoms with Gasteiger partial charge in [-0.25, -0.2) is 4.79 Å². The van der Waals surface area contributed by atoms with Crippen LogP contribution in [0.2, 0.25) is 0 Å². The molecule has 166 valence electrons. The van der Waals surface area contributed by atoms with Crippen molar-refractivity contribution in [3.8, 4) is 0 Å². The van der Waals surface area contributed by atoms with Crippen molar-refractivity contribution < 1.29 is 23.9 Å². The minimum Gasteiger partial charge on any atom is -0.453 e. The third-order valence-electron chi connectivity index (χ3n) is 5.78. The Kier molecular flexibility index (Phi) is 6.27. The van der Waals surface area contributed by atoms with Crippen LogP contribution in [-0.4, -0.2) is 49.4 Å². The molecular formula is C23H22BrN3O5. The number of anilines is 1. The van der Waals surface area contributed by atoms with Crippen molar-refractivity contribution in [3.63, 3.8) is 0 Å². The van der Waals surface area contributed by atoms with E-state index in [1.54, 1.807) is 24.3 Å². The second kappa shape index (κ2) is 9.12. The summed E-state index contributed by atoms with van der Waals surface area (Å²) in [6, 6.07) is 11.0. The predicted molar refractivity (Wildman–Crippen MR) is 121 cm³/mol. The molecule has 0 radical (unpaired) electrons. The number of alkyl carbamates (subject to hydrolysis) is 1. The molecule has 2 N–H and O–H groups in total. The van der Waals surface area contributed by atoms with Gasteiger partial charge in [0.1, 0.15) is 12.1 Å². The van der Waals surface area contributed by atoms with Gasteiger partial charge in [-0.15, -0.1) is 0 Å². The Labute approximate surface area is 193 Å². The van der Waals surface area contributed by atoms with Crippen LogP contribution in [-0.2, 0) is 27.2 Å². The molecule has 2 aromatic rings. The normalized spacial score (nSPS) is 19.1. The molecule has 0 aliphatic carbocycles. The number of methoxy groups -OCH3 is 1. The number of nitrogens with zero attached hydrogens (tertiary/aromatic N) is 1. The number of carbonyl (C=O) groups excluding carboxylic acids is 4. The summed E-state index contributed by atoms with van der Waals surface area (Å²) in [4.78, 5) is 52.1. The van der Waals surface area contributed by atoms with Gasteiger partial charge >= 0.3 is 6.09 Å². The van der Waals surface area contributed by atoms with Gasteiger partial charge in [0.2, 0.25) is 11.8 Å². The molecule has 0 saturated heterocycles. The molecule has 3 amide bonds. The lowest BCUT2D eigenvalue weighted by molar-refractivity contribution is -0.126. The van der Waals surface area contributed by atoms with Crippen molar-refractivity contribution in [2.45, 2.75) is 31.3 Å². The highest BCUT2D eigenvalue weighted by atomic mass is 79.9. The number of ketones is 1. The smallest absolute Gasteiger partial charge is 0.407 e. The molecule has 32 heavy (non-hydrogen) atoms. The Morgan fingerprint density at radius 3 is 2.56 bits per heavy atom. The lowest BCUT2D eigenvalue weighted by Crippen LogP contribution is -2.54. The van der Waals surface area contributed by atoms with Crippen LogP contribution in [0.25, 0.3) is 0 Å². The van der Waals surface area contributed by atoms with Crippen LogP contribution < -0.4 is 15.5 Å². The van der Waals surface area contributed by atoms with Crippen LogP contribution in [0.1, 0.15) is 27.9 Å². The van der Waals surface area contributed by atoms with Gasteiger partial charge in [0.25, 0.3) is 0 Å². The monoisotopic (exact) mass is 499 g/mol. The quantitative estimate of drug-likeness (QED) is 0.614. The van der Waals surface area contributed by atoms with Gasteiger partial charge in [-0.1, -0.05) is 46.3 Å². The van der Waals surface area contributed by atoms with E-state index in [9.17, 15) is 19.2 Å². The molecule has 2 aromatic carbocycles. The van der Waals surface area contributed by atoms with E-state index >= 15 is 0 Å². The number of nitrogens with one attached hydrogen (secondary N) is 2. The van der Waals surface area contributed by atoms with Gasteiger partial charge in [-0.2, -0.15) is 0 Å². The van der Waals surface area contributed by atoms with Gasteiger partial charge < -0.3 is 15.4 Å². The number of halogens is 1. The summed E-state index contributed by atoms with van der Waals surface area (Å²) in [6.07, 6.45) is 0.626. The Hall–Kier alpha value is -3.20. The lowest BCUT2D eigenvalue weighted by atomic mass is 10.0. The maximum atomic E-state index is 13.3. The average molecular weight is 500 g/mol. The molecule has 8 nitrogen and oxygen atoms in total. The fraction of sp³-hybridized carbons (Fsp3) is 0.304. The van der Waals surface area contributed by atoms with Crippen molar-refractivity contribution in [1.82, 2.24) is 10.6 Å². The van der Waals surface area contributed by atoms with Crippen LogP contribution in [0, 0.1) is 0 Å². The van der Waals surface area contributed by atoms with Crippen LogP contribution in [0.15, 0.2) is 46.9 Å². The number of amides is 3. The molecule has 0 spiro atoms. The molecule has 2 aliphatic rings. The Morgan fingerprint density at radius 2 is 1.84 bits per heavy atom. The van der Waals surface area contributed by atoms with Crippen LogP contribution in [0.3, 0.4) is 0 Å². The molecule has 2 heterocycles. The van der Waals surface area contributed by atoms with E-state index < -0.39 is 24.1 Å². The van der Waals surface area contributed by atoms with E-state index in [0.717, 1.165) is 21.3 Å². The van der Waals surface area contributed by atoms with Gasteiger partial charge in [-0.3, -0.25) is 19.3 Å². The number of para-hydroxylation sites is 1. The molecule has 0 bridgehead atoms. The standard InChI is InChI=1S/C23H22BrN3O5/c1-32-23(31)26-17-10-7-14-3-2-4-15-11-18(27(20(14)15)22(17)30)21(29)25-12-19(28)13-5-8-16(24)9-6-13/h2-6,8-9,17-18H,7,10-12H2,1H3,(H,25,29)(H,26,31)/t17-,18-/m0/s1. The van der Waals surface area contributed by atoms with Gasteiger partial charge in [0.15, 0.2) is 5.78 Å². The maximum Gasteiger partial charge on any atom is 0.407 e. The highest BCUT2D eigenvalue weighted by Crippen LogP contribution is 2.39. The van der Waals surface area contributed by atoms with Gasteiger partial charge in [0, 0.05) is 16.5 Å². The molecule has 2 atom stereocenters. The first kappa shape index (κ1) is 22.0. The minimum absolute atomic E-state index is 0.175. The third kappa shape index (κ3) is 4.25. The van der Waals surface area contributed by atoms with E-state index in [2.05, 4.69) is 31.3 Å². The van der Waals surface area contributed by atoms with Crippen molar-refractivity contribution in [1.29, 1.82) is 0 Å². The van der Waals surface area contributed by atoms with Gasteiger partial charge in [0.05, 0.1) is 19.3 Å². The summed E-state index contributed by atoms with van der Waals surface area (Å²) in [7, 11) is 1.23. The van der Waals surface area contributed by atoms with Gasteiger partial charge in [-0.05, 0) is 36.1 Å². The topological polar surface area (TPSA) is 105 Å². The summed E-state index contributed by atoms with van der Waals surface area (Å²) in [5, 5.41) is 5.26. The fourth-order valence-electron chi connectivity index (χ4n) is 4.20. The lowest BCUT2D eigenvalue weighted by Gasteiger charge is -2.27. The van der Waals surface area contributed by atoms with Crippen molar-refractivity contribution in [2.24, 2.45) is 0 Å². The minimum atomic E-state index is -0.805. The summed E-state index contributed by atoms with van der Waals surface area (Å²) in [5.74, 6) is -1.00. The first-order valence-electron chi connectivity index (χ1n) is 10.2. The third-order valence-corrected chi connectivity index (χ3v) is 6.31. The van der Waals surface area contributed by atoms with Crippen LogP contribution >= 0.6 is 15.9 Å². The fourth-order valence-corrected chi connectivity index (χ4v) is 4.46. The number of Topliss-reactive ketones (excluding diaryl/α,β-unsaturated/α-hetero) is 1. The molecular weight excluding hydrogens is 478 g/mol. The van der Waals surface area contributed by atoms with Crippen molar-refractivity contribution in [3.05, 3.63) is 63.6 Å². The van der Waals surface area contributed by atoms with E-state index in [0.29, 0.717) is 24.8 Å². The van der Waals surface area contributed by atoms with E-state index in [4.69, 9.17) is 0 Å². The molecule has 9 heteroatoms. The summed E-state index contributed by atoms with van der Waals surface area (Å²) in [5.41, 5.74) is 3.06. The van der Waals surface area contributed by atoms with E-state index in [1.807, 2.05) is 18.2 Å². The largest absolute Gasteiger partial charge is 0.453 e. The van der Waals surface area contributed by atoms with Crippen molar-refractivity contribution in [2.75, 3.05) is 18.6 Å². The molecule has 0 saturated carbocycles. The number of aryl methyl sites for hydroxylation is 1. The molecule has 0 unspecified atom stereocenters. The zero-order valence-corrected chi connectivity index (χ0v) is 19.0. The Bertz CT molecular complexity index is 1090. The maximum absolute atomic E-state index is 13.3. The number of benzene rings is 2. The average Bonchev–Trinajstić information content (AvgIpc) is 3.13. The molecule has 0 aromatic heterocycles. The first-order valence-corrected chi connectivity index (χ1v) is 11.0. The Morgan fingerprint density at radius 1 is 1.12 bits per heavy atom. The SMILES string of the molecule is COC(=O)N[C@H]1CCc2cccc3c2N(C1=O)[C@H](C(=O)NCC(=O)c1ccc(Br)cc1)C3. The summed E-state index contributed by atoms with van der Waals surface area (Å²) in [6.45, 7) is -0.175. The molecule has 0 fully saturated rings.